The number of nitrogen functional groups attached to an aromatic ring is 1. The van der Waals surface area contributed by atoms with Crippen molar-refractivity contribution >= 4 is 23.2 Å². The van der Waals surface area contributed by atoms with Crippen LogP contribution in [-0.2, 0) is 4.79 Å². The lowest BCUT2D eigenvalue weighted by atomic mass is 9.82. The normalized spacial score (nSPS) is 19.9. The van der Waals surface area contributed by atoms with Gasteiger partial charge in [-0.1, -0.05) is 6.07 Å². The van der Waals surface area contributed by atoms with E-state index < -0.39 is 24.4 Å². The molecule has 0 unspecified atom stereocenters. The number of halogens is 1. The van der Waals surface area contributed by atoms with Crippen LogP contribution in [0.5, 0.6) is 5.75 Å². The second kappa shape index (κ2) is 11.3. The Kier molecular flexibility index (Phi) is 7.58. The number of Topliss-reactive ketones (excluding diaryl/α,β-unsaturated/α-hetero) is 1. The van der Waals surface area contributed by atoms with Crippen molar-refractivity contribution in [3.63, 3.8) is 0 Å². The van der Waals surface area contributed by atoms with Gasteiger partial charge in [0.25, 0.3) is 0 Å². The van der Waals surface area contributed by atoms with Crippen LogP contribution in [0.2, 0.25) is 0 Å². The Morgan fingerprint density at radius 3 is 2.34 bits per heavy atom. The summed E-state index contributed by atoms with van der Waals surface area (Å²) < 4.78 is 20.8. The number of carbonyl (C=O) groups is 2. The molecule has 0 spiro atoms. The number of carbonyl (C=O) groups excluding carboxylic acids is 2. The topological polar surface area (TPSA) is 156 Å². The van der Waals surface area contributed by atoms with Gasteiger partial charge in [0.1, 0.15) is 5.82 Å². The number of hydrogen-bond donors (Lipinski definition) is 3. The quantitative estimate of drug-likeness (QED) is 0.256. The van der Waals surface area contributed by atoms with Crippen LogP contribution in [-0.4, -0.2) is 78.8 Å². The van der Waals surface area contributed by atoms with Crippen LogP contribution in [0.4, 0.5) is 10.2 Å². The van der Waals surface area contributed by atoms with Gasteiger partial charge >= 0.3 is 0 Å². The molecule has 11 nitrogen and oxygen atoms in total. The maximum atomic E-state index is 14.3. The summed E-state index contributed by atoms with van der Waals surface area (Å²) in [6, 6.07) is 8.08. The van der Waals surface area contributed by atoms with Gasteiger partial charge < -0.3 is 25.6 Å². The molecule has 3 aromatic heterocycles. The van der Waals surface area contributed by atoms with Crippen molar-refractivity contribution in [1.82, 2.24) is 24.5 Å². The minimum Gasteiger partial charge on any atom is -0.494 e. The number of nitrogens with zero attached hydrogens (tertiary/aromatic N) is 5. The molecule has 4 N–H and O–H groups in total. The Hall–Kier alpha value is -4.42. The van der Waals surface area contributed by atoms with Crippen LogP contribution in [0.15, 0.2) is 42.7 Å². The van der Waals surface area contributed by atoms with Crippen molar-refractivity contribution in [3.05, 3.63) is 59.8 Å². The Morgan fingerprint density at radius 1 is 1.09 bits per heavy atom. The molecular weight excluding hydrogens is 567 g/mol. The third-order valence-electron chi connectivity index (χ3n) is 9.15. The standard InChI is InChI=1S/C32H35FN6O5/c1-17(42)27-28(20-10-21-6-7-22(11-20)38(21)31(43)32(2,15-40)16-41)37-30-23(14-36-39(30)29(27)34)19-4-8-25(35-13-19)18-5-9-26(44-3)24(33)12-18/h4-5,8-9,12-14,20-22,40-41H,6-7,10-11,15-16,34H2,1-3H3/t20-,21-,22+. The number of hydrogen-bond acceptors (Lipinski definition) is 9. The highest BCUT2D eigenvalue weighted by Crippen LogP contribution is 2.46. The minimum atomic E-state index is -1.25. The van der Waals surface area contributed by atoms with Crippen LogP contribution < -0.4 is 10.5 Å². The van der Waals surface area contributed by atoms with E-state index in [-0.39, 0.29) is 41.3 Å². The van der Waals surface area contributed by atoms with Gasteiger partial charge in [-0.15, -0.1) is 0 Å². The first-order valence-corrected chi connectivity index (χ1v) is 14.6. The van der Waals surface area contributed by atoms with Gasteiger partial charge in [-0.3, -0.25) is 14.6 Å². The molecule has 2 saturated heterocycles. The largest absolute Gasteiger partial charge is 0.494 e. The highest BCUT2D eigenvalue weighted by atomic mass is 19.1. The van der Waals surface area contributed by atoms with Crippen LogP contribution >= 0.6 is 0 Å². The molecule has 4 aromatic rings. The number of ether oxygens (including phenoxy) is 1. The third kappa shape index (κ3) is 4.78. The number of rotatable bonds is 8. The first-order valence-electron chi connectivity index (χ1n) is 14.6. The highest BCUT2D eigenvalue weighted by Gasteiger charge is 2.49. The number of anilines is 1. The fourth-order valence-electron chi connectivity index (χ4n) is 6.67. The minimum absolute atomic E-state index is 0.105. The van der Waals surface area contributed by atoms with Gasteiger partial charge in [0.05, 0.1) is 48.9 Å². The number of aromatic nitrogens is 4. The molecular formula is C32H35FN6O5. The zero-order chi connectivity index (χ0) is 31.3. The zero-order valence-electron chi connectivity index (χ0n) is 24.8. The van der Waals surface area contributed by atoms with Gasteiger partial charge in [-0.2, -0.15) is 9.61 Å². The lowest BCUT2D eigenvalue weighted by molar-refractivity contribution is -0.151. The van der Waals surface area contributed by atoms with Crippen molar-refractivity contribution in [2.75, 3.05) is 26.1 Å². The van der Waals surface area contributed by atoms with Gasteiger partial charge in [0.15, 0.2) is 23.0 Å². The highest BCUT2D eigenvalue weighted by molar-refractivity contribution is 6.00. The Labute approximate surface area is 253 Å². The summed E-state index contributed by atoms with van der Waals surface area (Å²) in [6.45, 7) is 2.14. The summed E-state index contributed by atoms with van der Waals surface area (Å²) in [6.07, 6.45) is 6.04. The predicted octanol–water partition coefficient (Wildman–Crippen LogP) is 3.62. The van der Waals surface area contributed by atoms with Gasteiger partial charge in [0.2, 0.25) is 5.91 Å². The Bertz CT molecular complexity index is 1740. The molecule has 2 aliphatic heterocycles. The smallest absolute Gasteiger partial charge is 0.233 e. The molecule has 3 atom stereocenters. The molecule has 1 aromatic carbocycles. The van der Waals surface area contributed by atoms with E-state index in [1.807, 2.05) is 11.0 Å². The van der Waals surface area contributed by atoms with Crippen molar-refractivity contribution in [2.24, 2.45) is 5.41 Å². The second-order valence-corrected chi connectivity index (χ2v) is 12.0. The first kappa shape index (κ1) is 29.6. The number of fused-ring (bicyclic) bond motifs is 3. The molecule has 2 bridgehead atoms. The molecule has 6 rings (SSSR count). The van der Waals surface area contributed by atoms with E-state index in [0.717, 1.165) is 18.4 Å². The number of piperidine rings is 1. The second-order valence-electron chi connectivity index (χ2n) is 12.0. The maximum absolute atomic E-state index is 14.3. The zero-order valence-corrected chi connectivity index (χ0v) is 24.8. The van der Waals surface area contributed by atoms with Crippen LogP contribution in [0, 0.1) is 11.2 Å². The third-order valence-corrected chi connectivity index (χ3v) is 9.15. The van der Waals surface area contributed by atoms with Crippen LogP contribution in [0.25, 0.3) is 28.0 Å². The number of nitrogens with two attached hydrogens (primary N) is 1. The van der Waals surface area contributed by atoms with E-state index in [1.54, 1.807) is 37.5 Å². The Balaban J connectivity index is 1.35. The summed E-state index contributed by atoms with van der Waals surface area (Å²) in [5.41, 5.74) is 9.27. The molecule has 2 aliphatic rings. The fourth-order valence-corrected chi connectivity index (χ4v) is 6.67. The average Bonchev–Trinajstić information content (AvgIpc) is 3.57. The number of benzene rings is 1. The first-order chi connectivity index (χ1) is 21.1. The lowest BCUT2D eigenvalue weighted by Gasteiger charge is -2.42. The van der Waals surface area contributed by atoms with E-state index in [0.29, 0.717) is 46.6 Å². The number of aliphatic hydroxyl groups excluding tert-OH is 2. The lowest BCUT2D eigenvalue weighted by Crippen LogP contribution is -2.54. The summed E-state index contributed by atoms with van der Waals surface area (Å²) in [7, 11) is 1.41. The van der Waals surface area contributed by atoms with Crippen molar-refractivity contribution < 1.29 is 28.9 Å². The van der Waals surface area contributed by atoms with Crippen molar-refractivity contribution in [2.45, 2.75) is 57.5 Å². The van der Waals surface area contributed by atoms with E-state index in [1.165, 1.54) is 24.6 Å². The molecule has 0 saturated carbocycles. The fraction of sp³-hybridized carbons (Fsp3) is 0.406. The predicted molar refractivity (Wildman–Crippen MR) is 160 cm³/mol. The molecule has 0 radical (unpaired) electrons. The summed E-state index contributed by atoms with van der Waals surface area (Å²) in [4.78, 5) is 37.7. The number of ketones is 1. The van der Waals surface area contributed by atoms with E-state index in [2.05, 4.69) is 10.1 Å². The SMILES string of the molecule is COc1ccc(-c2ccc(-c3cnn4c(N)c(C(C)=O)c([C@@H]5C[C@H]6CC[C@@H](C5)N6C(=O)C(C)(CO)CO)nc34)cn2)cc1F. The van der Waals surface area contributed by atoms with E-state index >= 15 is 0 Å². The molecule has 12 heteroatoms. The maximum Gasteiger partial charge on any atom is 0.233 e. The molecule has 5 heterocycles. The van der Waals surface area contributed by atoms with Crippen molar-refractivity contribution in [3.8, 4) is 28.1 Å². The molecule has 2 fully saturated rings. The van der Waals surface area contributed by atoms with Gasteiger partial charge in [0, 0.05) is 40.9 Å². The van der Waals surface area contributed by atoms with E-state index in [4.69, 9.17) is 15.5 Å². The van der Waals surface area contributed by atoms with Crippen LogP contribution in [0.3, 0.4) is 0 Å². The molecule has 0 aliphatic carbocycles. The van der Waals surface area contributed by atoms with E-state index in [9.17, 15) is 24.2 Å². The number of methoxy groups -OCH3 is 1. The van der Waals surface area contributed by atoms with Gasteiger partial charge in [-0.05, 0) is 63.8 Å². The Morgan fingerprint density at radius 2 is 1.77 bits per heavy atom. The molecule has 230 valence electrons. The summed E-state index contributed by atoms with van der Waals surface area (Å²) >= 11 is 0. The number of pyridine rings is 1. The van der Waals surface area contributed by atoms with Crippen molar-refractivity contribution in [1.29, 1.82) is 0 Å². The van der Waals surface area contributed by atoms with Gasteiger partial charge in [-0.25, -0.2) is 9.37 Å². The monoisotopic (exact) mass is 602 g/mol. The summed E-state index contributed by atoms with van der Waals surface area (Å²) in [5.74, 6) is -0.742. The number of aliphatic hydroxyl groups is 2. The van der Waals surface area contributed by atoms with Crippen LogP contribution in [0.1, 0.15) is 61.5 Å². The molecule has 44 heavy (non-hydrogen) atoms. The number of amides is 1. The molecule has 1 amide bonds. The average molecular weight is 603 g/mol. The summed E-state index contributed by atoms with van der Waals surface area (Å²) in [5, 5.41) is 24.1.